The highest BCUT2D eigenvalue weighted by Crippen LogP contribution is 1.99. The van der Waals surface area contributed by atoms with Crippen molar-refractivity contribution >= 4 is 17.6 Å². The molecule has 0 fully saturated rings. The summed E-state index contributed by atoms with van der Waals surface area (Å²) >= 11 is 0. The Bertz CT molecular complexity index is 557. The van der Waals surface area contributed by atoms with Crippen LogP contribution in [0, 0.1) is 0 Å². The molecule has 2 amide bonds. The Balaban J connectivity index is 1.83. The number of carbonyl (C=O) groups excluding carboxylic acids is 2. The fourth-order valence-electron chi connectivity index (χ4n) is 1.38. The number of nitrogens with one attached hydrogen (secondary N) is 2. The fourth-order valence-corrected chi connectivity index (χ4v) is 1.38. The van der Waals surface area contributed by atoms with E-state index in [4.69, 9.17) is 0 Å². The van der Waals surface area contributed by atoms with Gasteiger partial charge in [-0.2, -0.15) is 0 Å². The molecule has 0 bridgehead atoms. The van der Waals surface area contributed by atoms with E-state index in [0.717, 1.165) is 0 Å². The summed E-state index contributed by atoms with van der Waals surface area (Å²) in [6.45, 7) is -0.121. The smallest absolute Gasteiger partial charge is 0.253 e. The van der Waals surface area contributed by atoms with E-state index in [9.17, 15) is 9.59 Å². The third-order valence-corrected chi connectivity index (χ3v) is 2.27. The average Bonchev–Trinajstić information content (AvgIpc) is 2.47. The SMILES string of the molecule is O=C(CNC(=O)c1cccnc1)Nc1ccccn1. The van der Waals surface area contributed by atoms with Crippen LogP contribution in [0.15, 0.2) is 48.9 Å². The van der Waals surface area contributed by atoms with Crippen molar-refractivity contribution in [3.63, 3.8) is 0 Å². The molecule has 0 saturated heterocycles. The molecule has 6 nitrogen and oxygen atoms in total. The van der Waals surface area contributed by atoms with Gasteiger partial charge in [0.1, 0.15) is 5.82 Å². The van der Waals surface area contributed by atoms with Crippen LogP contribution in [0.5, 0.6) is 0 Å². The van der Waals surface area contributed by atoms with Gasteiger partial charge in [-0.05, 0) is 24.3 Å². The minimum absolute atomic E-state index is 0.121. The molecule has 0 aliphatic rings. The lowest BCUT2D eigenvalue weighted by atomic mass is 10.3. The number of hydrogen-bond acceptors (Lipinski definition) is 4. The van der Waals surface area contributed by atoms with Gasteiger partial charge < -0.3 is 10.6 Å². The number of nitrogens with zero attached hydrogens (tertiary/aromatic N) is 2. The van der Waals surface area contributed by atoms with Crippen LogP contribution in [0.2, 0.25) is 0 Å². The molecular weight excluding hydrogens is 244 g/mol. The van der Waals surface area contributed by atoms with E-state index >= 15 is 0 Å². The highest BCUT2D eigenvalue weighted by atomic mass is 16.2. The number of amides is 2. The van der Waals surface area contributed by atoms with Crippen LogP contribution >= 0.6 is 0 Å². The number of rotatable bonds is 4. The minimum atomic E-state index is -0.343. The quantitative estimate of drug-likeness (QED) is 0.849. The van der Waals surface area contributed by atoms with Crippen LogP contribution < -0.4 is 10.6 Å². The Hall–Kier alpha value is -2.76. The number of hydrogen-bond donors (Lipinski definition) is 2. The molecule has 6 heteroatoms. The first-order chi connectivity index (χ1) is 9.25. The van der Waals surface area contributed by atoms with Crippen LogP contribution in [0.1, 0.15) is 10.4 Å². The van der Waals surface area contributed by atoms with Crippen LogP contribution in [-0.4, -0.2) is 28.3 Å². The molecule has 0 aliphatic carbocycles. The van der Waals surface area contributed by atoms with E-state index in [-0.39, 0.29) is 18.4 Å². The van der Waals surface area contributed by atoms with E-state index < -0.39 is 0 Å². The van der Waals surface area contributed by atoms with E-state index in [0.29, 0.717) is 11.4 Å². The Morgan fingerprint density at radius 3 is 2.68 bits per heavy atom. The van der Waals surface area contributed by atoms with Gasteiger partial charge in [-0.1, -0.05) is 6.07 Å². The monoisotopic (exact) mass is 256 g/mol. The largest absolute Gasteiger partial charge is 0.343 e. The molecule has 2 N–H and O–H groups in total. The lowest BCUT2D eigenvalue weighted by Crippen LogP contribution is -2.33. The predicted octanol–water partition coefficient (Wildman–Crippen LogP) is 0.845. The van der Waals surface area contributed by atoms with E-state index in [1.165, 1.54) is 6.20 Å². The van der Waals surface area contributed by atoms with Crippen molar-refractivity contribution in [1.29, 1.82) is 0 Å². The van der Waals surface area contributed by atoms with Crippen molar-refractivity contribution in [3.8, 4) is 0 Å². The van der Waals surface area contributed by atoms with Gasteiger partial charge in [-0.3, -0.25) is 14.6 Å². The second-order valence-electron chi connectivity index (χ2n) is 3.69. The molecule has 96 valence electrons. The van der Waals surface area contributed by atoms with Gasteiger partial charge in [0.2, 0.25) is 5.91 Å². The second kappa shape index (κ2) is 6.25. The highest BCUT2D eigenvalue weighted by molar-refractivity contribution is 5.98. The molecule has 2 aromatic rings. The summed E-state index contributed by atoms with van der Waals surface area (Å²) in [5, 5.41) is 5.07. The maximum atomic E-state index is 11.7. The summed E-state index contributed by atoms with van der Waals surface area (Å²) in [5.74, 6) is -0.233. The molecule has 0 spiro atoms. The van der Waals surface area contributed by atoms with Gasteiger partial charge in [0.25, 0.3) is 5.91 Å². The third-order valence-electron chi connectivity index (χ3n) is 2.27. The lowest BCUT2D eigenvalue weighted by Gasteiger charge is -2.05. The molecule has 2 aromatic heterocycles. The number of pyridine rings is 2. The van der Waals surface area contributed by atoms with E-state index in [2.05, 4.69) is 20.6 Å². The first-order valence-electron chi connectivity index (χ1n) is 5.65. The minimum Gasteiger partial charge on any atom is -0.343 e. The zero-order chi connectivity index (χ0) is 13.5. The van der Waals surface area contributed by atoms with Crippen molar-refractivity contribution in [1.82, 2.24) is 15.3 Å². The summed E-state index contributed by atoms with van der Waals surface area (Å²) in [6.07, 6.45) is 4.58. The molecule has 0 saturated carbocycles. The highest BCUT2D eigenvalue weighted by Gasteiger charge is 2.08. The molecule has 19 heavy (non-hydrogen) atoms. The molecule has 0 aromatic carbocycles. The predicted molar refractivity (Wildman–Crippen MR) is 69.4 cm³/mol. The van der Waals surface area contributed by atoms with Crippen molar-refractivity contribution in [2.45, 2.75) is 0 Å². The summed E-state index contributed by atoms with van der Waals surface area (Å²) < 4.78 is 0. The molecule has 0 unspecified atom stereocenters. The lowest BCUT2D eigenvalue weighted by molar-refractivity contribution is -0.115. The third kappa shape index (κ3) is 3.88. The standard InChI is InChI=1S/C13H12N4O2/c18-12(17-11-5-1-2-7-15-11)9-16-13(19)10-4-3-6-14-8-10/h1-8H,9H2,(H,16,19)(H,15,17,18). The first-order valence-corrected chi connectivity index (χ1v) is 5.65. The summed E-state index contributed by atoms with van der Waals surface area (Å²) in [5.41, 5.74) is 0.410. The number of carbonyl (C=O) groups is 2. The Morgan fingerprint density at radius 1 is 1.11 bits per heavy atom. The van der Waals surface area contributed by atoms with Crippen molar-refractivity contribution in [3.05, 3.63) is 54.5 Å². The Kier molecular flexibility index (Phi) is 4.17. The Morgan fingerprint density at radius 2 is 2.00 bits per heavy atom. The van der Waals surface area contributed by atoms with Gasteiger partial charge in [-0.15, -0.1) is 0 Å². The van der Waals surface area contributed by atoms with Crippen LogP contribution in [0.3, 0.4) is 0 Å². The first kappa shape index (κ1) is 12.7. The van der Waals surface area contributed by atoms with Crippen molar-refractivity contribution < 1.29 is 9.59 Å². The van der Waals surface area contributed by atoms with Gasteiger partial charge in [0.05, 0.1) is 12.1 Å². The zero-order valence-corrected chi connectivity index (χ0v) is 10.0. The Labute approximate surface area is 109 Å². The maximum Gasteiger partial charge on any atom is 0.253 e. The molecule has 2 heterocycles. The molecule has 0 atom stereocenters. The normalized spacial score (nSPS) is 9.68. The van der Waals surface area contributed by atoms with Gasteiger partial charge >= 0.3 is 0 Å². The number of anilines is 1. The summed E-state index contributed by atoms with van der Waals surface area (Å²) in [7, 11) is 0. The molecule has 0 radical (unpaired) electrons. The summed E-state index contributed by atoms with van der Waals surface area (Å²) in [6, 6.07) is 8.46. The zero-order valence-electron chi connectivity index (χ0n) is 10.0. The van der Waals surface area contributed by atoms with Gasteiger partial charge in [-0.25, -0.2) is 4.98 Å². The second-order valence-corrected chi connectivity index (χ2v) is 3.69. The van der Waals surface area contributed by atoms with Crippen LogP contribution in [0.25, 0.3) is 0 Å². The fraction of sp³-hybridized carbons (Fsp3) is 0.0769. The van der Waals surface area contributed by atoms with E-state index in [1.807, 2.05) is 0 Å². The van der Waals surface area contributed by atoms with Crippen LogP contribution in [0.4, 0.5) is 5.82 Å². The summed E-state index contributed by atoms with van der Waals surface area (Å²) in [4.78, 5) is 31.0. The van der Waals surface area contributed by atoms with Gasteiger partial charge in [0, 0.05) is 18.6 Å². The molecule has 2 rings (SSSR count). The van der Waals surface area contributed by atoms with Crippen molar-refractivity contribution in [2.75, 3.05) is 11.9 Å². The maximum absolute atomic E-state index is 11.7. The topological polar surface area (TPSA) is 84.0 Å². The molecule has 0 aliphatic heterocycles. The number of aromatic nitrogens is 2. The average molecular weight is 256 g/mol. The van der Waals surface area contributed by atoms with Crippen molar-refractivity contribution in [2.24, 2.45) is 0 Å². The van der Waals surface area contributed by atoms with Crippen LogP contribution in [-0.2, 0) is 4.79 Å². The molecular formula is C13H12N4O2. The van der Waals surface area contributed by atoms with E-state index in [1.54, 1.807) is 42.7 Å². The van der Waals surface area contributed by atoms with Gasteiger partial charge in [0.15, 0.2) is 0 Å².